The van der Waals surface area contributed by atoms with E-state index in [4.69, 9.17) is 9.84 Å². The molecule has 0 unspecified atom stereocenters. The van der Waals surface area contributed by atoms with Gasteiger partial charge in [0.2, 0.25) is 0 Å². The summed E-state index contributed by atoms with van der Waals surface area (Å²) in [6.07, 6.45) is 4.09. The standard InChI is InChI=1S/C9H18NO2/c11-7-3-1-2-4-10-5-8-12-9-6-10/h3,11H,1-2,4-9H2. The summed E-state index contributed by atoms with van der Waals surface area (Å²) in [4.78, 5) is 2.41. The van der Waals surface area contributed by atoms with E-state index in [9.17, 15) is 0 Å². The van der Waals surface area contributed by atoms with Crippen molar-refractivity contribution >= 4 is 0 Å². The molecule has 1 heterocycles. The van der Waals surface area contributed by atoms with Gasteiger partial charge in [0.05, 0.1) is 13.2 Å². The molecule has 1 radical (unpaired) electrons. The lowest BCUT2D eigenvalue weighted by molar-refractivity contribution is 0.0373. The molecule has 0 spiro atoms. The van der Waals surface area contributed by atoms with Gasteiger partial charge >= 0.3 is 0 Å². The smallest absolute Gasteiger partial charge is 0.0594 e. The highest BCUT2D eigenvalue weighted by molar-refractivity contribution is 4.66. The van der Waals surface area contributed by atoms with Gasteiger partial charge in [0, 0.05) is 19.7 Å². The first-order valence-electron chi connectivity index (χ1n) is 4.66. The van der Waals surface area contributed by atoms with Crippen LogP contribution in [0.2, 0.25) is 0 Å². The van der Waals surface area contributed by atoms with Crippen molar-refractivity contribution < 1.29 is 9.84 Å². The van der Waals surface area contributed by atoms with Crippen molar-refractivity contribution in [2.24, 2.45) is 0 Å². The normalized spacial score (nSPS) is 19.8. The molecule has 0 aromatic carbocycles. The number of unbranched alkanes of at least 4 members (excludes halogenated alkanes) is 2. The predicted molar refractivity (Wildman–Crippen MR) is 47.9 cm³/mol. The van der Waals surface area contributed by atoms with Gasteiger partial charge in [-0.3, -0.25) is 4.90 Å². The van der Waals surface area contributed by atoms with E-state index in [2.05, 4.69) is 4.90 Å². The third-order valence-corrected chi connectivity index (χ3v) is 2.12. The summed E-state index contributed by atoms with van der Waals surface area (Å²) in [7, 11) is 0. The van der Waals surface area contributed by atoms with E-state index in [-0.39, 0.29) is 6.61 Å². The molecule has 1 aliphatic heterocycles. The molecule has 0 aliphatic carbocycles. The van der Waals surface area contributed by atoms with E-state index < -0.39 is 0 Å². The average molecular weight is 172 g/mol. The number of rotatable bonds is 5. The van der Waals surface area contributed by atoms with Gasteiger partial charge in [0.15, 0.2) is 0 Å². The summed E-state index contributed by atoms with van der Waals surface area (Å²) in [5.74, 6) is 0. The van der Waals surface area contributed by atoms with Crippen LogP contribution in [0.25, 0.3) is 0 Å². The van der Waals surface area contributed by atoms with Crippen LogP contribution in [0.3, 0.4) is 0 Å². The molecule has 0 bridgehead atoms. The Hall–Kier alpha value is -0.120. The second kappa shape index (κ2) is 6.40. The van der Waals surface area contributed by atoms with Crippen LogP contribution in [0.4, 0.5) is 0 Å². The van der Waals surface area contributed by atoms with Crippen LogP contribution >= 0.6 is 0 Å². The third kappa shape index (κ3) is 4.04. The molecule has 0 aromatic heterocycles. The zero-order valence-corrected chi connectivity index (χ0v) is 7.54. The Bertz CT molecular complexity index is 103. The van der Waals surface area contributed by atoms with Crippen LogP contribution in [0.5, 0.6) is 0 Å². The number of aliphatic hydroxyl groups is 1. The van der Waals surface area contributed by atoms with Crippen LogP contribution < -0.4 is 0 Å². The lowest BCUT2D eigenvalue weighted by Gasteiger charge is -2.26. The van der Waals surface area contributed by atoms with Gasteiger partial charge in [-0.2, -0.15) is 0 Å². The van der Waals surface area contributed by atoms with E-state index in [1.165, 1.54) is 0 Å². The van der Waals surface area contributed by atoms with Crippen molar-refractivity contribution in [3.8, 4) is 0 Å². The zero-order chi connectivity index (χ0) is 8.65. The van der Waals surface area contributed by atoms with E-state index in [1.807, 2.05) is 6.42 Å². The SMILES string of the molecule is OC[CH]CCCN1CCOCC1. The molecule has 0 saturated carbocycles. The Morgan fingerprint density at radius 3 is 2.75 bits per heavy atom. The number of morpholine rings is 1. The minimum absolute atomic E-state index is 0.211. The van der Waals surface area contributed by atoms with Crippen molar-refractivity contribution in [3.05, 3.63) is 6.42 Å². The number of nitrogens with zero attached hydrogens (tertiary/aromatic N) is 1. The Balaban J connectivity index is 1.91. The Morgan fingerprint density at radius 1 is 1.33 bits per heavy atom. The molecular formula is C9H18NO2. The summed E-state index contributed by atoms with van der Waals surface area (Å²) >= 11 is 0. The fourth-order valence-electron chi connectivity index (χ4n) is 1.38. The van der Waals surface area contributed by atoms with Gasteiger partial charge in [-0.1, -0.05) is 0 Å². The summed E-state index contributed by atoms with van der Waals surface area (Å²) in [6.45, 7) is 5.24. The topological polar surface area (TPSA) is 32.7 Å². The summed E-state index contributed by atoms with van der Waals surface area (Å²) in [5, 5.41) is 8.51. The highest BCUT2D eigenvalue weighted by Crippen LogP contribution is 2.00. The Morgan fingerprint density at radius 2 is 2.08 bits per heavy atom. The van der Waals surface area contributed by atoms with Crippen molar-refractivity contribution in [3.63, 3.8) is 0 Å². The number of hydrogen-bond donors (Lipinski definition) is 1. The second-order valence-electron chi connectivity index (χ2n) is 3.07. The van der Waals surface area contributed by atoms with E-state index >= 15 is 0 Å². The lowest BCUT2D eigenvalue weighted by atomic mass is 10.2. The molecule has 1 N–H and O–H groups in total. The van der Waals surface area contributed by atoms with E-state index in [0.717, 1.165) is 45.7 Å². The largest absolute Gasteiger partial charge is 0.396 e. The van der Waals surface area contributed by atoms with Crippen molar-refractivity contribution in [2.45, 2.75) is 12.8 Å². The maximum Gasteiger partial charge on any atom is 0.0594 e. The van der Waals surface area contributed by atoms with Crippen LogP contribution in [-0.2, 0) is 4.74 Å². The molecule has 3 heteroatoms. The van der Waals surface area contributed by atoms with Gasteiger partial charge < -0.3 is 9.84 Å². The summed E-state index contributed by atoms with van der Waals surface area (Å²) in [6, 6.07) is 0. The van der Waals surface area contributed by atoms with Crippen LogP contribution in [0, 0.1) is 6.42 Å². The molecule has 12 heavy (non-hydrogen) atoms. The zero-order valence-electron chi connectivity index (χ0n) is 7.54. The molecule has 0 amide bonds. The minimum Gasteiger partial charge on any atom is -0.396 e. The third-order valence-electron chi connectivity index (χ3n) is 2.12. The van der Waals surface area contributed by atoms with Gasteiger partial charge in [-0.05, 0) is 25.8 Å². The molecular weight excluding hydrogens is 154 g/mol. The molecule has 71 valence electrons. The summed E-state index contributed by atoms with van der Waals surface area (Å²) in [5.41, 5.74) is 0. The van der Waals surface area contributed by atoms with Crippen molar-refractivity contribution in [2.75, 3.05) is 39.5 Å². The molecule has 1 saturated heterocycles. The fraction of sp³-hybridized carbons (Fsp3) is 0.889. The first-order chi connectivity index (χ1) is 5.93. The lowest BCUT2D eigenvalue weighted by Crippen LogP contribution is -2.36. The molecule has 3 nitrogen and oxygen atoms in total. The first-order valence-corrected chi connectivity index (χ1v) is 4.66. The fourth-order valence-corrected chi connectivity index (χ4v) is 1.38. The van der Waals surface area contributed by atoms with Gasteiger partial charge in [-0.15, -0.1) is 0 Å². The van der Waals surface area contributed by atoms with Crippen molar-refractivity contribution in [1.82, 2.24) is 4.90 Å². The Labute approximate surface area is 74.3 Å². The minimum atomic E-state index is 0.211. The quantitative estimate of drug-likeness (QED) is 0.605. The maximum absolute atomic E-state index is 8.51. The van der Waals surface area contributed by atoms with Gasteiger partial charge in [0.1, 0.15) is 0 Å². The predicted octanol–water partition coefficient (Wildman–Crippen LogP) is 0.295. The second-order valence-corrected chi connectivity index (χ2v) is 3.07. The number of ether oxygens (including phenoxy) is 1. The average Bonchev–Trinajstić information content (AvgIpc) is 2.14. The molecule has 1 aliphatic rings. The van der Waals surface area contributed by atoms with E-state index in [1.54, 1.807) is 0 Å². The summed E-state index contributed by atoms with van der Waals surface area (Å²) < 4.78 is 5.24. The monoisotopic (exact) mass is 172 g/mol. The van der Waals surface area contributed by atoms with Crippen molar-refractivity contribution in [1.29, 1.82) is 0 Å². The van der Waals surface area contributed by atoms with Gasteiger partial charge in [-0.25, -0.2) is 0 Å². The number of aliphatic hydroxyl groups excluding tert-OH is 1. The highest BCUT2D eigenvalue weighted by atomic mass is 16.5. The van der Waals surface area contributed by atoms with E-state index in [0.29, 0.717) is 0 Å². The molecule has 1 rings (SSSR count). The van der Waals surface area contributed by atoms with Gasteiger partial charge in [0.25, 0.3) is 0 Å². The Kier molecular flexibility index (Phi) is 5.32. The van der Waals surface area contributed by atoms with Crippen LogP contribution in [0.1, 0.15) is 12.8 Å². The highest BCUT2D eigenvalue weighted by Gasteiger charge is 2.08. The van der Waals surface area contributed by atoms with Crippen LogP contribution in [-0.4, -0.2) is 49.5 Å². The molecule has 0 atom stereocenters. The first kappa shape index (κ1) is 9.96. The van der Waals surface area contributed by atoms with Crippen LogP contribution in [0.15, 0.2) is 0 Å². The maximum atomic E-state index is 8.51. The number of hydrogen-bond acceptors (Lipinski definition) is 3. The molecule has 0 aromatic rings. The molecule has 1 fully saturated rings.